The molecule has 6 heteroatoms. The van der Waals surface area contributed by atoms with Gasteiger partial charge >= 0.3 is 0 Å². The Bertz CT molecular complexity index is 1020. The summed E-state index contributed by atoms with van der Waals surface area (Å²) >= 11 is -0.642. The predicted octanol–water partition coefficient (Wildman–Crippen LogP) is 0.240. The molecule has 26 heavy (non-hydrogen) atoms. The van der Waals surface area contributed by atoms with E-state index in [0.29, 0.717) is 5.56 Å². The van der Waals surface area contributed by atoms with Gasteiger partial charge in [-0.25, -0.2) is 0 Å². The van der Waals surface area contributed by atoms with Crippen molar-refractivity contribution in [3.8, 4) is 0 Å². The van der Waals surface area contributed by atoms with E-state index in [1.807, 2.05) is 48.5 Å². The van der Waals surface area contributed by atoms with Crippen LogP contribution in [-0.2, 0) is 11.1 Å². The standard InChI is InChI=1S/C20H16N2O2S.ClH/c1-21-19(23)14-9-3-4-11-16(14)25-17-12-6-8-13-7-5-10-15(18(13)17)20(24)22(25)2;/h3-12H,1-2H3;1H. The molecular formula is C20H17ClN2O2S. The largest absolute Gasteiger partial charge is 1.00 e. The Morgan fingerprint density at radius 1 is 0.962 bits per heavy atom. The molecule has 4 rings (SSSR count). The van der Waals surface area contributed by atoms with E-state index in [0.717, 1.165) is 26.1 Å². The summed E-state index contributed by atoms with van der Waals surface area (Å²) in [7, 11) is 3.43. The molecule has 0 spiro atoms. The smallest absolute Gasteiger partial charge is 0.296 e. The Hall–Kier alpha value is -2.50. The van der Waals surface area contributed by atoms with Crippen molar-refractivity contribution in [2.24, 2.45) is 0 Å². The van der Waals surface area contributed by atoms with Crippen molar-refractivity contribution < 1.29 is 22.0 Å². The average Bonchev–Trinajstić information content (AvgIpc) is 2.66. The van der Waals surface area contributed by atoms with Crippen LogP contribution >= 0.6 is 0 Å². The van der Waals surface area contributed by atoms with Crippen molar-refractivity contribution in [1.82, 2.24) is 9.62 Å². The molecule has 3 aromatic carbocycles. The zero-order chi connectivity index (χ0) is 17.6. The third-order valence-corrected chi connectivity index (χ3v) is 6.68. The van der Waals surface area contributed by atoms with E-state index >= 15 is 0 Å². The monoisotopic (exact) mass is 384 g/mol. The topological polar surface area (TPSA) is 49.4 Å². The van der Waals surface area contributed by atoms with E-state index in [-0.39, 0.29) is 24.2 Å². The molecule has 1 aliphatic rings. The van der Waals surface area contributed by atoms with E-state index in [9.17, 15) is 9.59 Å². The van der Waals surface area contributed by atoms with Gasteiger partial charge in [0.15, 0.2) is 16.0 Å². The quantitative estimate of drug-likeness (QED) is 0.643. The molecule has 1 atom stereocenters. The van der Waals surface area contributed by atoms with Crippen LogP contribution in [0.1, 0.15) is 20.7 Å². The molecule has 1 unspecified atom stereocenters. The van der Waals surface area contributed by atoms with Crippen molar-refractivity contribution in [3.63, 3.8) is 0 Å². The Kier molecular flexibility index (Phi) is 4.94. The highest BCUT2D eigenvalue weighted by Gasteiger charge is 2.44. The van der Waals surface area contributed by atoms with Gasteiger partial charge in [-0.3, -0.25) is 9.59 Å². The maximum atomic E-state index is 13.0. The molecular weight excluding hydrogens is 368 g/mol. The van der Waals surface area contributed by atoms with Crippen LogP contribution in [0.4, 0.5) is 0 Å². The van der Waals surface area contributed by atoms with E-state index in [4.69, 9.17) is 0 Å². The molecule has 0 fully saturated rings. The molecule has 4 nitrogen and oxygen atoms in total. The fourth-order valence-electron chi connectivity index (χ4n) is 3.27. The summed E-state index contributed by atoms with van der Waals surface area (Å²) in [5.74, 6) is -0.158. The first-order chi connectivity index (χ1) is 12.1. The summed E-state index contributed by atoms with van der Waals surface area (Å²) in [6.45, 7) is 0. The summed E-state index contributed by atoms with van der Waals surface area (Å²) in [5, 5.41) is 4.73. The molecule has 3 aromatic rings. The second-order valence-corrected chi connectivity index (χ2v) is 7.82. The zero-order valence-electron chi connectivity index (χ0n) is 14.3. The minimum atomic E-state index is -0.642. The summed E-state index contributed by atoms with van der Waals surface area (Å²) < 4.78 is 1.75. The van der Waals surface area contributed by atoms with Gasteiger partial charge in [0.1, 0.15) is 0 Å². The van der Waals surface area contributed by atoms with Crippen LogP contribution < -0.4 is 17.7 Å². The zero-order valence-corrected chi connectivity index (χ0v) is 15.9. The second-order valence-electron chi connectivity index (χ2n) is 5.82. The number of nitrogens with zero attached hydrogens (tertiary/aromatic N) is 1. The van der Waals surface area contributed by atoms with E-state index < -0.39 is 11.1 Å². The minimum absolute atomic E-state index is 0. The van der Waals surface area contributed by atoms with Crippen molar-refractivity contribution in [2.45, 2.75) is 9.79 Å². The van der Waals surface area contributed by atoms with E-state index in [2.05, 4.69) is 11.4 Å². The molecule has 132 valence electrons. The Morgan fingerprint density at radius 2 is 1.62 bits per heavy atom. The first kappa shape index (κ1) is 18.3. The molecule has 0 radical (unpaired) electrons. The number of carbonyl (C=O) groups is 2. The molecule has 0 bridgehead atoms. The van der Waals surface area contributed by atoms with Crippen molar-refractivity contribution in [2.75, 3.05) is 14.1 Å². The SMILES string of the molecule is CNC(=O)c1ccccc1[S+]1c2cccc3cccc(c23)C(=O)N1C.[Cl-]. The number of amides is 2. The lowest BCUT2D eigenvalue weighted by Gasteiger charge is -2.25. The molecule has 0 aromatic heterocycles. The van der Waals surface area contributed by atoms with Crippen molar-refractivity contribution in [3.05, 3.63) is 71.8 Å². The van der Waals surface area contributed by atoms with Gasteiger partial charge in [-0.05, 0) is 29.7 Å². The normalized spacial score (nSPS) is 15.5. The summed E-state index contributed by atoms with van der Waals surface area (Å²) in [4.78, 5) is 27.2. The maximum absolute atomic E-state index is 13.0. The fourth-order valence-corrected chi connectivity index (χ4v) is 5.57. The fraction of sp³-hybridized carbons (Fsp3) is 0.100. The lowest BCUT2D eigenvalue weighted by atomic mass is 10.0. The maximum Gasteiger partial charge on any atom is 0.296 e. The second kappa shape index (κ2) is 7.02. The van der Waals surface area contributed by atoms with Crippen molar-refractivity contribution >= 4 is 33.7 Å². The van der Waals surface area contributed by atoms with Gasteiger partial charge in [0, 0.05) is 7.05 Å². The Labute approximate surface area is 161 Å². The Morgan fingerprint density at radius 3 is 2.35 bits per heavy atom. The highest BCUT2D eigenvalue weighted by Crippen LogP contribution is 2.39. The van der Waals surface area contributed by atoms with Gasteiger partial charge in [-0.15, -0.1) is 4.31 Å². The van der Waals surface area contributed by atoms with Crippen LogP contribution in [0.15, 0.2) is 70.5 Å². The van der Waals surface area contributed by atoms with Crippen LogP contribution in [0.25, 0.3) is 10.8 Å². The molecule has 0 saturated heterocycles. The summed E-state index contributed by atoms with van der Waals surface area (Å²) in [5.41, 5.74) is 1.32. The van der Waals surface area contributed by atoms with Gasteiger partial charge in [0.05, 0.1) is 23.6 Å². The van der Waals surface area contributed by atoms with Gasteiger partial charge in [-0.2, -0.15) is 0 Å². The molecule has 0 saturated carbocycles. The first-order valence-electron chi connectivity index (χ1n) is 7.99. The molecule has 0 aliphatic carbocycles. The van der Waals surface area contributed by atoms with Crippen LogP contribution in [0.2, 0.25) is 0 Å². The number of carbonyl (C=O) groups excluding carboxylic acids is 2. The first-order valence-corrected chi connectivity index (χ1v) is 9.17. The van der Waals surface area contributed by atoms with Gasteiger partial charge in [0.25, 0.3) is 11.8 Å². The summed E-state index contributed by atoms with van der Waals surface area (Å²) in [6.07, 6.45) is 0. The van der Waals surface area contributed by atoms with Crippen LogP contribution in [-0.4, -0.2) is 30.2 Å². The third kappa shape index (κ3) is 2.64. The number of hydrogen-bond donors (Lipinski definition) is 1. The van der Waals surface area contributed by atoms with E-state index in [1.54, 1.807) is 24.5 Å². The lowest BCUT2D eigenvalue weighted by Crippen LogP contribution is -3.00. The minimum Gasteiger partial charge on any atom is -1.00 e. The lowest BCUT2D eigenvalue weighted by molar-refractivity contribution is -0.0000218. The van der Waals surface area contributed by atoms with E-state index in [1.165, 1.54) is 0 Å². The highest BCUT2D eigenvalue weighted by atomic mass is 35.5. The molecule has 1 N–H and O–H groups in total. The predicted molar refractivity (Wildman–Crippen MR) is 99.8 cm³/mol. The Balaban J connectivity index is 0.00000196. The van der Waals surface area contributed by atoms with Crippen LogP contribution in [0.3, 0.4) is 0 Å². The molecule has 2 amide bonds. The van der Waals surface area contributed by atoms with Crippen LogP contribution in [0, 0.1) is 0 Å². The van der Waals surface area contributed by atoms with Crippen molar-refractivity contribution in [1.29, 1.82) is 0 Å². The number of halogens is 1. The average molecular weight is 385 g/mol. The van der Waals surface area contributed by atoms with Gasteiger partial charge in [0.2, 0.25) is 4.90 Å². The van der Waals surface area contributed by atoms with Gasteiger partial charge < -0.3 is 17.7 Å². The summed E-state index contributed by atoms with van der Waals surface area (Å²) in [6, 6.07) is 19.4. The van der Waals surface area contributed by atoms with Crippen LogP contribution in [0.5, 0.6) is 0 Å². The number of benzene rings is 3. The molecule has 1 aliphatic heterocycles. The number of nitrogens with one attached hydrogen (secondary N) is 1. The number of rotatable bonds is 2. The highest BCUT2D eigenvalue weighted by molar-refractivity contribution is 7.95. The van der Waals surface area contributed by atoms with Gasteiger partial charge in [-0.1, -0.05) is 36.4 Å². The third-order valence-electron chi connectivity index (χ3n) is 4.43. The molecule has 1 heterocycles. The number of hydrogen-bond acceptors (Lipinski definition) is 2.